The highest BCUT2D eigenvalue weighted by atomic mass is 32.1. The molecule has 14 heavy (non-hydrogen) atoms. The van der Waals surface area contributed by atoms with Gasteiger partial charge in [0.15, 0.2) is 0 Å². The van der Waals surface area contributed by atoms with Crippen molar-refractivity contribution in [3.63, 3.8) is 0 Å². The normalized spacial score (nSPS) is 24.6. The van der Waals surface area contributed by atoms with Crippen LogP contribution in [0.15, 0.2) is 5.38 Å². The van der Waals surface area contributed by atoms with Crippen molar-refractivity contribution in [2.24, 2.45) is 0 Å². The van der Waals surface area contributed by atoms with Crippen molar-refractivity contribution in [1.29, 1.82) is 0 Å². The quantitative estimate of drug-likeness (QED) is 0.829. The first kappa shape index (κ1) is 8.86. The minimum Gasteiger partial charge on any atom is -0.395 e. The van der Waals surface area contributed by atoms with Gasteiger partial charge >= 0.3 is 0 Å². The number of hydrogen-bond acceptors (Lipinski definition) is 3. The largest absolute Gasteiger partial charge is 0.395 e. The molecule has 3 heteroatoms. The number of rotatable bonds is 3. The number of aromatic nitrogens is 1. The standard InChI is InChI=1S/C11H15NOS/c13-7-11(4-5-11)10-12-9(6-14-10)8-2-1-3-8/h6,8,13H,1-5,7H2. The molecule has 2 aliphatic rings. The molecule has 0 atom stereocenters. The summed E-state index contributed by atoms with van der Waals surface area (Å²) in [7, 11) is 0. The smallest absolute Gasteiger partial charge is 0.101 e. The van der Waals surface area contributed by atoms with Gasteiger partial charge in [0.25, 0.3) is 0 Å². The highest BCUT2D eigenvalue weighted by molar-refractivity contribution is 7.09. The Labute approximate surface area is 88.0 Å². The molecule has 0 unspecified atom stereocenters. The van der Waals surface area contributed by atoms with Crippen LogP contribution in [0.2, 0.25) is 0 Å². The van der Waals surface area contributed by atoms with Crippen LogP contribution in [0.1, 0.15) is 48.7 Å². The first-order valence-corrected chi connectivity index (χ1v) is 6.29. The van der Waals surface area contributed by atoms with Gasteiger partial charge in [0, 0.05) is 16.7 Å². The molecule has 1 aromatic rings. The Bertz CT molecular complexity index is 339. The first-order valence-electron chi connectivity index (χ1n) is 5.41. The van der Waals surface area contributed by atoms with E-state index >= 15 is 0 Å². The molecule has 3 rings (SSSR count). The molecule has 1 heterocycles. The van der Waals surface area contributed by atoms with Crippen LogP contribution >= 0.6 is 11.3 Å². The lowest BCUT2D eigenvalue weighted by atomic mass is 9.83. The van der Waals surface area contributed by atoms with E-state index in [4.69, 9.17) is 4.98 Å². The topological polar surface area (TPSA) is 33.1 Å². The second kappa shape index (κ2) is 3.04. The molecular weight excluding hydrogens is 194 g/mol. The predicted molar refractivity (Wildman–Crippen MR) is 56.7 cm³/mol. The number of thiazole rings is 1. The predicted octanol–water partition coefficient (Wildman–Crippen LogP) is 2.43. The van der Waals surface area contributed by atoms with E-state index in [1.165, 1.54) is 30.0 Å². The molecule has 0 spiro atoms. The molecule has 0 saturated heterocycles. The maximum absolute atomic E-state index is 9.30. The van der Waals surface area contributed by atoms with Gasteiger partial charge in [0.1, 0.15) is 5.01 Å². The molecular formula is C11H15NOS. The summed E-state index contributed by atoms with van der Waals surface area (Å²) >= 11 is 1.75. The lowest BCUT2D eigenvalue weighted by molar-refractivity contribution is 0.254. The van der Waals surface area contributed by atoms with Crippen LogP contribution in [0, 0.1) is 0 Å². The van der Waals surface area contributed by atoms with Crippen molar-refractivity contribution < 1.29 is 5.11 Å². The first-order chi connectivity index (χ1) is 6.84. The molecule has 0 aliphatic heterocycles. The Hall–Kier alpha value is -0.410. The Kier molecular flexibility index (Phi) is 1.92. The summed E-state index contributed by atoms with van der Waals surface area (Å²) in [6.07, 6.45) is 6.25. The SMILES string of the molecule is OCC1(c2nc(C3CCC3)cs2)CC1. The molecule has 1 aromatic heterocycles. The van der Waals surface area contributed by atoms with Crippen molar-refractivity contribution in [3.8, 4) is 0 Å². The number of hydrogen-bond donors (Lipinski definition) is 1. The fourth-order valence-corrected chi connectivity index (χ4v) is 3.17. The summed E-state index contributed by atoms with van der Waals surface area (Å²) < 4.78 is 0. The molecule has 0 bridgehead atoms. The monoisotopic (exact) mass is 209 g/mol. The Morgan fingerprint density at radius 2 is 2.29 bits per heavy atom. The van der Waals surface area contributed by atoms with Gasteiger partial charge in [-0.2, -0.15) is 0 Å². The molecule has 76 valence electrons. The second-order valence-corrected chi connectivity index (χ2v) is 5.50. The number of nitrogens with zero attached hydrogens (tertiary/aromatic N) is 1. The Morgan fingerprint density at radius 3 is 2.79 bits per heavy atom. The maximum atomic E-state index is 9.30. The second-order valence-electron chi connectivity index (χ2n) is 4.64. The highest BCUT2D eigenvalue weighted by Crippen LogP contribution is 2.49. The summed E-state index contributed by atoms with van der Waals surface area (Å²) in [5.41, 5.74) is 1.36. The van der Waals surface area contributed by atoms with Gasteiger partial charge < -0.3 is 5.11 Å². The minimum atomic E-state index is 0.0761. The van der Waals surface area contributed by atoms with E-state index in [9.17, 15) is 5.11 Å². The van der Waals surface area contributed by atoms with Crippen LogP contribution in [0.25, 0.3) is 0 Å². The summed E-state index contributed by atoms with van der Waals surface area (Å²) in [5.74, 6) is 0.731. The molecule has 0 aromatic carbocycles. The van der Waals surface area contributed by atoms with E-state index in [-0.39, 0.29) is 12.0 Å². The number of aliphatic hydroxyl groups is 1. The van der Waals surface area contributed by atoms with Gasteiger partial charge in [-0.15, -0.1) is 11.3 Å². The van der Waals surface area contributed by atoms with Crippen LogP contribution in [-0.2, 0) is 5.41 Å². The summed E-state index contributed by atoms with van der Waals surface area (Å²) in [5, 5.41) is 12.7. The molecule has 2 nitrogen and oxygen atoms in total. The average Bonchev–Trinajstić information content (AvgIpc) is 2.78. The summed E-state index contributed by atoms with van der Waals surface area (Å²) in [6, 6.07) is 0. The van der Waals surface area contributed by atoms with Crippen LogP contribution in [0.4, 0.5) is 0 Å². The molecule has 2 fully saturated rings. The molecule has 0 amide bonds. The van der Waals surface area contributed by atoms with Gasteiger partial charge in [0.2, 0.25) is 0 Å². The molecule has 0 radical (unpaired) electrons. The van der Waals surface area contributed by atoms with Crippen molar-refractivity contribution in [2.45, 2.75) is 43.4 Å². The fraction of sp³-hybridized carbons (Fsp3) is 0.727. The maximum Gasteiger partial charge on any atom is 0.101 e. The zero-order valence-electron chi connectivity index (χ0n) is 8.20. The third kappa shape index (κ3) is 1.22. The third-order valence-electron chi connectivity index (χ3n) is 3.66. The van der Waals surface area contributed by atoms with Crippen molar-refractivity contribution in [3.05, 3.63) is 16.1 Å². The summed E-state index contributed by atoms with van der Waals surface area (Å²) in [6.45, 7) is 0.282. The van der Waals surface area contributed by atoms with Crippen molar-refractivity contribution in [2.75, 3.05) is 6.61 Å². The van der Waals surface area contributed by atoms with Gasteiger partial charge in [-0.3, -0.25) is 0 Å². The van der Waals surface area contributed by atoms with Gasteiger partial charge in [0.05, 0.1) is 12.3 Å². The average molecular weight is 209 g/mol. The van der Waals surface area contributed by atoms with E-state index in [2.05, 4.69) is 5.38 Å². The Morgan fingerprint density at radius 1 is 1.50 bits per heavy atom. The number of aliphatic hydroxyl groups excluding tert-OH is 1. The lowest BCUT2D eigenvalue weighted by Crippen LogP contribution is -2.13. The third-order valence-corrected chi connectivity index (χ3v) is 4.76. The van der Waals surface area contributed by atoms with E-state index in [0.29, 0.717) is 0 Å². The van der Waals surface area contributed by atoms with E-state index in [0.717, 1.165) is 18.8 Å². The zero-order chi connectivity index (χ0) is 9.60. The Balaban J connectivity index is 1.83. The van der Waals surface area contributed by atoms with Gasteiger partial charge in [-0.25, -0.2) is 4.98 Å². The van der Waals surface area contributed by atoms with Crippen LogP contribution in [0.5, 0.6) is 0 Å². The molecule has 1 N–H and O–H groups in total. The van der Waals surface area contributed by atoms with E-state index in [1.54, 1.807) is 11.3 Å². The lowest BCUT2D eigenvalue weighted by Gasteiger charge is -2.23. The van der Waals surface area contributed by atoms with Gasteiger partial charge in [-0.05, 0) is 25.7 Å². The van der Waals surface area contributed by atoms with Gasteiger partial charge in [-0.1, -0.05) is 6.42 Å². The molecule has 2 saturated carbocycles. The van der Waals surface area contributed by atoms with E-state index < -0.39 is 0 Å². The zero-order valence-corrected chi connectivity index (χ0v) is 9.02. The summed E-state index contributed by atoms with van der Waals surface area (Å²) in [4.78, 5) is 4.70. The van der Waals surface area contributed by atoms with Crippen LogP contribution in [0.3, 0.4) is 0 Å². The molecule has 2 aliphatic carbocycles. The fourth-order valence-electron chi connectivity index (χ4n) is 2.01. The minimum absolute atomic E-state index is 0.0761. The van der Waals surface area contributed by atoms with Crippen molar-refractivity contribution >= 4 is 11.3 Å². The van der Waals surface area contributed by atoms with E-state index in [1.807, 2.05) is 0 Å². The van der Waals surface area contributed by atoms with Crippen LogP contribution < -0.4 is 0 Å². The highest BCUT2D eigenvalue weighted by Gasteiger charge is 2.46. The van der Waals surface area contributed by atoms with Crippen LogP contribution in [-0.4, -0.2) is 16.7 Å². The van der Waals surface area contributed by atoms with Crippen molar-refractivity contribution in [1.82, 2.24) is 4.98 Å².